The summed E-state index contributed by atoms with van der Waals surface area (Å²) < 4.78 is 0. The van der Waals surface area contributed by atoms with Crippen LogP contribution < -0.4 is 11.3 Å². The second kappa shape index (κ2) is 6.15. The van der Waals surface area contributed by atoms with Gasteiger partial charge in [0, 0.05) is 12.6 Å². The van der Waals surface area contributed by atoms with Crippen LogP contribution in [0.2, 0.25) is 0 Å². The molecule has 1 aromatic heterocycles. The number of aromatic amines is 1. The normalized spacial score (nSPS) is 7.73. The second-order valence-electron chi connectivity index (χ2n) is 1.61. The molecule has 0 saturated carbocycles. The van der Waals surface area contributed by atoms with Crippen LogP contribution in [0.25, 0.3) is 0 Å². The topological polar surface area (TPSA) is 71.8 Å². The Morgan fingerprint density at radius 2 is 2.18 bits per heavy atom. The smallest absolute Gasteiger partial charge is 0.250 e. The lowest BCUT2D eigenvalue weighted by Gasteiger charge is -1.89. The van der Waals surface area contributed by atoms with Gasteiger partial charge in [0.25, 0.3) is 5.56 Å². The van der Waals surface area contributed by atoms with Crippen molar-refractivity contribution in [3.8, 4) is 0 Å². The van der Waals surface area contributed by atoms with Gasteiger partial charge in [-0.05, 0) is 0 Å². The number of aromatic nitrogens is 2. The number of rotatable bonds is 1. The van der Waals surface area contributed by atoms with Gasteiger partial charge >= 0.3 is 0 Å². The Kier molecular flexibility index (Phi) is 7.29. The Morgan fingerprint density at radius 1 is 1.55 bits per heavy atom. The molecule has 0 saturated heterocycles. The Bertz CT molecular complexity index is 249. The fraction of sp³-hybridized carbons (Fsp3) is 0.200. The van der Waals surface area contributed by atoms with Crippen LogP contribution in [-0.2, 0) is 6.54 Å². The summed E-state index contributed by atoms with van der Waals surface area (Å²) in [6.07, 6.45) is 1.34. The number of halogens is 2. The van der Waals surface area contributed by atoms with Crippen molar-refractivity contribution in [2.45, 2.75) is 6.54 Å². The number of nitrogens with one attached hydrogen (secondary N) is 1. The molecule has 0 aliphatic rings. The summed E-state index contributed by atoms with van der Waals surface area (Å²) in [5, 5.41) is 0. The Labute approximate surface area is 76.0 Å². The van der Waals surface area contributed by atoms with Gasteiger partial charge in [-0.2, -0.15) is 0 Å². The highest BCUT2D eigenvalue weighted by Gasteiger charge is 1.87. The standard InChI is InChI=1S/C5H7N3O.2ClH/c6-2-4-1-5(9)8-3-7-4;;/h1,3H,2,6H2,(H,7,8,9);2*1H. The Balaban J connectivity index is 0. The van der Waals surface area contributed by atoms with Gasteiger partial charge in [0.2, 0.25) is 0 Å². The van der Waals surface area contributed by atoms with Gasteiger partial charge in [-0.25, -0.2) is 4.98 Å². The lowest BCUT2D eigenvalue weighted by molar-refractivity contribution is 0.949. The van der Waals surface area contributed by atoms with E-state index in [1.54, 1.807) is 0 Å². The van der Waals surface area contributed by atoms with Gasteiger partial charge in [-0.15, -0.1) is 24.8 Å². The van der Waals surface area contributed by atoms with Crippen molar-refractivity contribution in [1.82, 2.24) is 9.97 Å². The summed E-state index contributed by atoms with van der Waals surface area (Å²) in [6, 6.07) is 1.38. The zero-order chi connectivity index (χ0) is 6.69. The second-order valence-corrected chi connectivity index (χ2v) is 1.61. The first-order chi connectivity index (χ1) is 4.33. The van der Waals surface area contributed by atoms with E-state index in [-0.39, 0.29) is 30.4 Å². The predicted molar refractivity (Wildman–Crippen MR) is 47.2 cm³/mol. The van der Waals surface area contributed by atoms with E-state index in [1.165, 1.54) is 12.4 Å². The van der Waals surface area contributed by atoms with Crippen LogP contribution in [0, 0.1) is 0 Å². The molecule has 0 spiro atoms. The minimum absolute atomic E-state index is 0. The van der Waals surface area contributed by atoms with Crippen LogP contribution >= 0.6 is 24.8 Å². The van der Waals surface area contributed by atoms with Crippen LogP contribution in [0.1, 0.15) is 5.69 Å². The molecule has 0 bridgehead atoms. The molecule has 1 heterocycles. The third-order valence-corrected chi connectivity index (χ3v) is 0.944. The molecule has 1 aromatic rings. The Morgan fingerprint density at radius 3 is 2.55 bits per heavy atom. The molecule has 1 rings (SSSR count). The molecule has 11 heavy (non-hydrogen) atoms. The molecule has 0 aliphatic heterocycles. The maximum atomic E-state index is 10.5. The molecule has 6 heteroatoms. The highest BCUT2D eigenvalue weighted by Crippen LogP contribution is 1.80. The van der Waals surface area contributed by atoms with Crippen molar-refractivity contribution in [3.05, 3.63) is 28.4 Å². The summed E-state index contributed by atoms with van der Waals surface area (Å²) in [5.41, 5.74) is 5.65. The molecule has 0 unspecified atom stereocenters. The first-order valence-electron chi connectivity index (χ1n) is 2.56. The SMILES string of the molecule is Cl.Cl.NCc1cc(=O)[nH]cn1. The number of hydrogen-bond donors (Lipinski definition) is 2. The van der Waals surface area contributed by atoms with E-state index in [0.717, 1.165) is 0 Å². The van der Waals surface area contributed by atoms with Gasteiger partial charge in [0.05, 0.1) is 12.0 Å². The first-order valence-corrected chi connectivity index (χ1v) is 2.56. The van der Waals surface area contributed by atoms with Crippen molar-refractivity contribution in [2.24, 2.45) is 5.73 Å². The fourth-order valence-corrected chi connectivity index (χ4v) is 0.521. The summed E-state index contributed by atoms with van der Waals surface area (Å²) in [7, 11) is 0. The minimum atomic E-state index is -0.162. The van der Waals surface area contributed by atoms with Crippen LogP contribution in [0.5, 0.6) is 0 Å². The van der Waals surface area contributed by atoms with Gasteiger partial charge < -0.3 is 10.7 Å². The third kappa shape index (κ3) is 3.98. The van der Waals surface area contributed by atoms with Crippen LogP contribution in [0.3, 0.4) is 0 Å². The maximum absolute atomic E-state index is 10.5. The van der Waals surface area contributed by atoms with E-state index in [1.807, 2.05) is 0 Å². The van der Waals surface area contributed by atoms with Gasteiger partial charge in [0.1, 0.15) is 0 Å². The molecule has 0 fully saturated rings. The van der Waals surface area contributed by atoms with Crippen molar-refractivity contribution < 1.29 is 0 Å². The summed E-state index contributed by atoms with van der Waals surface area (Å²) >= 11 is 0. The molecule has 64 valence electrons. The van der Waals surface area contributed by atoms with Crippen molar-refractivity contribution >= 4 is 24.8 Å². The van der Waals surface area contributed by atoms with Gasteiger partial charge in [0.15, 0.2) is 0 Å². The zero-order valence-electron chi connectivity index (χ0n) is 5.61. The van der Waals surface area contributed by atoms with E-state index < -0.39 is 0 Å². The molecule has 0 aliphatic carbocycles. The summed E-state index contributed by atoms with van der Waals surface area (Å²) in [6.45, 7) is 0.309. The lowest BCUT2D eigenvalue weighted by Crippen LogP contribution is -2.09. The van der Waals surface area contributed by atoms with Crippen molar-refractivity contribution in [2.75, 3.05) is 0 Å². The minimum Gasteiger partial charge on any atom is -0.325 e. The third-order valence-electron chi connectivity index (χ3n) is 0.944. The van der Waals surface area contributed by atoms with Crippen molar-refractivity contribution in [1.29, 1.82) is 0 Å². The highest BCUT2D eigenvalue weighted by atomic mass is 35.5. The quantitative estimate of drug-likeness (QED) is 0.670. The van der Waals surface area contributed by atoms with Crippen LogP contribution in [0.4, 0.5) is 0 Å². The monoisotopic (exact) mass is 197 g/mol. The lowest BCUT2D eigenvalue weighted by atomic mass is 10.4. The average Bonchev–Trinajstić information content (AvgIpc) is 1.88. The first kappa shape index (κ1) is 13.0. The van der Waals surface area contributed by atoms with Gasteiger partial charge in [-0.3, -0.25) is 4.79 Å². The molecule has 3 N–H and O–H groups in total. The molecule has 0 amide bonds. The molecular weight excluding hydrogens is 189 g/mol. The van der Waals surface area contributed by atoms with Crippen molar-refractivity contribution in [3.63, 3.8) is 0 Å². The number of nitrogens with zero attached hydrogens (tertiary/aromatic N) is 1. The van der Waals surface area contributed by atoms with E-state index in [0.29, 0.717) is 12.2 Å². The zero-order valence-corrected chi connectivity index (χ0v) is 7.24. The fourth-order valence-electron chi connectivity index (χ4n) is 0.521. The molecular formula is C5H9Cl2N3O. The van der Waals surface area contributed by atoms with Gasteiger partial charge in [-0.1, -0.05) is 0 Å². The van der Waals surface area contributed by atoms with E-state index in [4.69, 9.17) is 5.73 Å². The van der Waals surface area contributed by atoms with E-state index in [9.17, 15) is 4.79 Å². The number of hydrogen-bond acceptors (Lipinski definition) is 3. The van der Waals surface area contributed by atoms with E-state index in [2.05, 4.69) is 9.97 Å². The van der Waals surface area contributed by atoms with Crippen LogP contribution in [0.15, 0.2) is 17.2 Å². The summed E-state index contributed by atoms with van der Waals surface area (Å²) in [4.78, 5) is 16.7. The molecule has 0 aromatic carbocycles. The Hall–Kier alpha value is -0.580. The molecule has 0 atom stereocenters. The van der Waals surface area contributed by atoms with Crippen LogP contribution in [-0.4, -0.2) is 9.97 Å². The average molecular weight is 198 g/mol. The predicted octanol–water partition coefficient (Wildman–Crippen LogP) is 0.0722. The van der Waals surface area contributed by atoms with E-state index >= 15 is 0 Å². The number of nitrogens with two attached hydrogens (primary N) is 1. The number of H-pyrrole nitrogens is 1. The molecule has 4 nitrogen and oxygen atoms in total. The maximum Gasteiger partial charge on any atom is 0.250 e. The molecule has 0 radical (unpaired) electrons. The largest absolute Gasteiger partial charge is 0.325 e. The summed E-state index contributed by atoms with van der Waals surface area (Å²) in [5.74, 6) is 0. The highest BCUT2D eigenvalue weighted by molar-refractivity contribution is 5.85.